The number of ether oxygens (including phenoxy) is 2. The summed E-state index contributed by atoms with van der Waals surface area (Å²) in [5.41, 5.74) is 0. The summed E-state index contributed by atoms with van der Waals surface area (Å²) in [4.78, 5) is 35.6. The summed E-state index contributed by atoms with van der Waals surface area (Å²) in [5.74, 6) is -0.843. The lowest BCUT2D eigenvalue weighted by Crippen LogP contribution is -2.37. The predicted octanol–water partition coefficient (Wildman–Crippen LogP) is 18.3. The molecule has 0 saturated heterocycles. The van der Waals surface area contributed by atoms with Crippen molar-refractivity contribution >= 4 is 19.8 Å². The Labute approximate surface area is 459 Å². The van der Waals surface area contributed by atoms with Crippen molar-refractivity contribution in [2.45, 2.75) is 206 Å². The van der Waals surface area contributed by atoms with Crippen molar-refractivity contribution < 1.29 is 42.1 Å². The third kappa shape index (κ3) is 59.0. The van der Waals surface area contributed by atoms with Crippen LogP contribution in [0, 0.1) is 0 Å². The van der Waals surface area contributed by atoms with Gasteiger partial charge < -0.3 is 18.9 Å². The lowest BCUT2D eigenvalue weighted by Gasteiger charge is -2.24. The molecule has 0 bridgehead atoms. The van der Waals surface area contributed by atoms with E-state index in [-0.39, 0.29) is 26.1 Å². The number of likely N-dealkylation sites (N-methyl/N-ethyl adjacent to an activating group) is 1. The molecule has 1 N–H and O–H groups in total. The first-order valence-electron chi connectivity index (χ1n) is 29.1. The van der Waals surface area contributed by atoms with Crippen molar-refractivity contribution in [3.05, 3.63) is 146 Å². The molecule has 2 unspecified atom stereocenters. The molecule has 10 heteroatoms. The van der Waals surface area contributed by atoms with E-state index >= 15 is 0 Å². The number of hydrogen-bond acceptors (Lipinski definition) is 7. The van der Waals surface area contributed by atoms with E-state index in [0.717, 1.165) is 148 Å². The fourth-order valence-corrected chi connectivity index (χ4v) is 7.86. The van der Waals surface area contributed by atoms with Crippen LogP contribution >= 0.6 is 7.82 Å². The van der Waals surface area contributed by atoms with E-state index in [4.69, 9.17) is 18.5 Å². The molecule has 75 heavy (non-hydrogen) atoms. The molecule has 0 amide bonds. The van der Waals surface area contributed by atoms with Gasteiger partial charge in [-0.05, 0) is 116 Å². The van der Waals surface area contributed by atoms with E-state index < -0.39 is 32.5 Å². The van der Waals surface area contributed by atoms with E-state index in [0.29, 0.717) is 23.9 Å². The Bertz CT molecular complexity index is 1770. The van der Waals surface area contributed by atoms with Crippen molar-refractivity contribution in [2.24, 2.45) is 0 Å². The molecule has 0 aromatic heterocycles. The number of quaternary nitrogens is 1. The van der Waals surface area contributed by atoms with Gasteiger partial charge in [-0.1, -0.05) is 217 Å². The molecule has 0 aliphatic rings. The average molecular weight is 1060 g/mol. The molecule has 2 atom stereocenters. The van der Waals surface area contributed by atoms with Crippen molar-refractivity contribution in [1.29, 1.82) is 0 Å². The zero-order valence-electron chi connectivity index (χ0n) is 48.0. The lowest BCUT2D eigenvalue weighted by molar-refractivity contribution is -0.870. The van der Waals surface area contributed by atoms with Crippen molar-refractivity contribution in [2.75, 3.05) is 47.5 Å². The summed E-state index contributed by atoms with van der Waals surface area (Å²) in [6.07, 6.45) is 80.6. The average Bonchev–Trinajstić information content (AvgIpc) is 3.37. The Balaban J connectivity index is 4.20. The van der Waals surface area contributed by atoms with Crippen LogP contribution in [0.25, 0.3) is 0 Å². The van der Waals surface area contributed by atoms with Gasteiger partial charge in [-0.15, -0.1) is 0 Å². The number of carbonyl (C=O) groups is 2. The maximum Gasteiger partial charge on any atom is 0.472 e. The Hall–Kier alpha value is -4.11. The highest BCUT2D eigenvalue weighted by Gasteiger charge is 2.27. The second kappa shape index (κ2) is 54.7. The summed E-state index contributed by atoms with van der Waals surface area (Å²) in [6.45, 7) is 4.21. The quantitative estimate of drug-likeness (QED) is 0.0211. The van der Waals surface area contributed by atoms with Crippen LogP contribution in [0.2, 0.25) is 0 Å². The SMILES string of the molecule is CC/C=C\C/C=C\C/C=C\C/C=C\C/C=C\C/C=C\C/C=C\C/C=C\C/C=C\C/C=C\CCCCCCCCC(=O)OC(COC(=O)CCCCCCC/C=C\C/C=C\CCCC)COP(=O)(O)OCC[N+](C)(C)C. The Morgan fingerprint density at radius 3 is 1.13 bits per heavy atom. The van der Waals surface area contributed by atoms with Gasteiger partial charge in [0.05, 0.1) is 27.7 Å². The topological polar surface area (TPSA) is 108 Å². The summed E-state index contributed by atoms with van der Waals surface area (Å²) in [7, 11) is 1.44. The highest BCUT2D eigenvalue weighted by atomic mass is 31.2. The normalized spacial score (nSPS) is 14.4. The Morgan fingerprint density at radius 2 is 0.760 bits per heavy atom. The monoisotopic (exact) mass is 1060 g/mol. The van der Waals surface area contributed by atoms with Crippen LogP contribution in [-0.2, 0) is 32.7 Å². The molecule has 0 fully saturated rings. The van der Waals surface area contributed by atoms with Gasteiger partial charge in [0.1, 0.15) is 19.8 Å². The maximum atomic E-state index is 12.8. The molecular weight excluding hydrogens is 954 g/mol. The van der Waals surface area contributed by atoms with Gasteiger partial charge in [0.25, 0.3) is 0 Å². The third-order valence-corrected chi connectivity index (χ3v) is 12.6. The van der Waals surface area contributed by atoms with Gasteiger partial charge >= 0.3 is 19.8 Å². The van der Waals surface area contributed by atoms with Gasteiger partial charge in [-0.2, -0.15) is 0 Å². The highest BCUT2D eigenvalue weighted by Crippen LogP contribution is 2.43. The summed E-state index contributed by atoms with van der Waals surface area (Å²) < 4.78 is 34.5. The second-order valence-electron chi connectivity index (χ2n) is 19.9. The fraction of sp³-hybridized carbons (Fsp3) is 0.600. The van der Waals surface area contributed by atoms with Crippen LogP contribution in [0.4, 0.5) is 0 Å². The maximum absolute atomic E-state index is 12.8. The summed E-state index contributed by atoms with van der Waals surface area (Å²) in [5, 5.41) is 0. The zero-order chi connectivity index (χ0) is 54.9. The number of phosphoric ester groups is 1. The Kier molecular flexibility index (Phi) is 51.7. The number of esters is 2. The molecule has 0 aliphatic carbocycles. The number of nitrogens with zero attached hydrogens (tertiary/aromatic N) is 1. The van der Waals surface area contributed by atoms with Gasteiger partial charge in [-0.3, -0.25) is 18.6 Å². The van der Waals surface area contributed by atoms with Gasteiger partial charge in [0, 0.05) is 12.8 Å². The van der Waals surface area contributed by atoms with Crippen LogP contribution in [0.15, 0.2) is 146 Å². The molecule has 0 heterocycles. The van der Waals surface area contributed by atoms with E-state index in [1.54, 1.807) is 0 Å². The second-order valence-corrected chi connectivity index (χ2v) is 21.4. The molecule has 424 valence electrons. The molecule has 0 aromatic carbocycles. The van der Waals surface area contributed by atoms with E-state index in [9.17, 15) is 19.0 Å². The lowest BCUT2D eigenvalue weighted by atomic mass is 10.1. The van der Waals surface area contributed by atoms with Crippen LogP contribution in [0.3, 0.4) is 0 Å². The molecular formula is C65H107NO8P+. The minimum atomic E-state index is -4.40. The number of carbonyl (C=O) groups excluding carboxylic acids is 2. The largest absolute Gasteiger partial charge is 0.472 e. The fourth-order valence-electron chi connectivity index (χ4n) is 7.12. The van der Waals surface area contributed by atoms with Gasteiger partial charge in [0.15, 0.2) is 6.10 Å². The minimum Gasteiger partial charge on any atom is -0.462 e. The first-order valence-corrected chi connectivity index (χ1v) is 30.6. The van der Waals surface area contributed by atoms with Crippen LogP contribution < -0.4 is 0 Å². The molecule has 0 spiro atoms. The van der Waals surface area contributed by atoms with Crippen LogP contribution in [0.5, 0.6) is 0 Å². The number of phosphoric acid groups is 1. The van der Waals surface area contributed by atoms with Gasteiger partial charge in [0.2, 0.25) is 0 Å². The molecule has 0 aliphatic heterocycles. The third-order valence-electron chi connectivity index (χ3n) is 11.6. The zero-order valence-corrected chi connectivity index (χ0v) is 48.9. The smallest absolute Gasteiger partial charge is 0.462 e. The van der Waals surface area contributed by atoms with Gasteiger partial charge in [-0.25, -0.2) is 4.57 Å². The van der Waals surface area contributed by atoms with E-state index in [2.05, 4.69) is 160 Å². The Morgan fingerprint density at radius 1 is 0.427 bits per heavy atom. The van der Waals surface area contributed by atoms with Crippen molar-refractivity contribution in [3.8, 4) is 0 Å². The van der Waals surface area contributed by atoms with Crippen molar-refractivity contribution in [1.82, 2.24) is 0 Å². The molecule has 9 nitrogen and oxygen atoms in total. The van der Waals surface area contributed by atoms with Crippen LogP contribution in [0.1, 0.15) is 200 Å². The molecule has 0 aromatic rings. The van der Waals surface area contributed by atoms with Crippen LogP contribution in [-0.4, -0.2) is 74.9 Å². The molecule has 0 rings (SSSR count). The predicted molar refractivity (Wildman–Crippen MR) is 320 cm³/mol. The number of allylic oxidation sites excluding steroid dienone is 24. The standard InChI is InChI=1S/C65H106NO8P/c1-6-8-10-12-14-16-18-20-22-23-24-25-26-27-28-29-30-31-32-33-34-35-36-37-38-39-40-41-42-43-44-46-48-50-52-54-56-58-65(68)74-63(62-73-75(69,70)72-60-59-66(3,4)5)61-71-64(67)57-55-53-51-49-47-45-21-19-17-15-13-11-9-7-2/h8,10,13-16,19-22,24-25,27-28,30-31,33-34,36-37,39-40,42-43,63H,6-7,9,11-12,17-18,23,26,29,32,35,38,41,44-62H2,1-5H3/p+1/b10-8-,15-13-,16-14-,21-19-,22-20-,25-24-,28-27-,31-30-,34-33-,37-36-,40-39-,43-42-. The summed E-state index contributed by atoms with van der Waals surface area (Å²) in [6, 6.07) is 0. The first kappa shape index (κ1) is 70.9. The highest BCUT2D eigenvalue weighted by molar-refractivity contribution is 7.47. The number of rotatable bonds is 51. The molecule has 0 saturated carbocycles. The number of unbranched alkanes of at least 4 members (excludes halogenated alkanes) is 13. The minimum absolute atomic E-state index is 0.0182. The molecule has 0 radical (unpaired) electrons. The summed E-state index contributed by atoms with van der Waals surface area (Å²) >= 11 is 0. The van der Waals surface area contributed by atoms with E-state index in [1.165, 1.54) is 12.8 Å². The first-order chi connectivity index (χ1) is 36.5. The van der Waals surface area contributed by atoms with E-state index in [1.807, 2.05) is 21.1 Å². The number of hydrogen-bond donors (Lipinski definition) is 1. The van der Waals surface area contributed by atoms with Crippen molar-refractivity contribution in [3.63, 3.8) is 0 Å².